The molecule has 0 aliphatic carbocycles. The highest BCUT2D eigenvalue weighted by Gasteiger charge is 2.19. The van der Waals surface area contributed by atoms with Gasteiger partial charge in [-0.1, -0.05) is 29.4 Å². The highest BCUT2D eigenvalue weighted by Crippen LogP contribution is 2.23. The molecule has 0 fully saturated rings. The number of hydrogen-bond donors (Lipinski definition) is 1. The van der Waals surface area contributed by atoms with E-state index in [1.165, 1.54) is 6.92 Å². The van der Waals surface area contributed by atoms with Crippen molar-refractivity contribution in [2.75, 3.05) is 19.8 Å². The molecule has 0 spiro atoms. The Labute approximate surface area is 172 Å². The number of aryl methyl sites for hydroxylation is 1. The first kappa shape index (κ1) is 21.2. The molecule has 0 bridgehead atoms. The standard InChI is InChI=1S/C21H22F2N4O3/c1-14-6-5-7-16(12-14)29-11-10-24-19(28)13-30-26-15(2)20-25-17-8-3-4-9-18(17)27(20)21(22)23/h3-9,12,21H,10-11,13H2,1-2H3,(H,24,28)/b26-15+. The van der Waals surface area contributed by atoms with Crippen LogP contribution in [0.2, 0.25) is 0 Å². The molecule has 3 aromatic rings. The molecule has 0 aliphatic heterocycles. The molecular formula is C21H22F2N4O3. The molecule has 30 heavy (non-hydrogen) atoms. The second-order valence-corrected chi connectivity index (χ2v) is 6.54. The normalized spacial score (nSPS) is 11.7. The van der Waals surface area contributed by atoms with Gasteiger partial charge in [0, 0.05) is 0 Å². The molecule has 0 saturated carbocycles. The smallest absolute Gasteiger partial charge is 0.320 e. The molecule has 1 amide bonds. The molecule has 9 heteroatoms. The minimum atomic E-state index is -2.78. The average molecular weight is 416 g/mol. The summed E-state index contributed by atoms with van der Waals surface area (Å²) in [6, 6.07) is 14.1. The summed E-state index contributed by atoms with van der Waals surface area (Å²) in [7, 11) is 0. The first-order valence-corrected chi connectivity index (χ1v) is 9.34. The summed E-state index contributed by atoms with van der Waals surface area (Å²) >= 11 is 0. The molecule has 158 valence electrons. The van der Waals surface area contributed by atoms with Crippen LogP contribution in [0, 0.1) is 6.92 Å². The Balaban J connectivity index is 1.49. The molecule has 1 N–H and O–H groups in total. The lowest BCUT2D eigenvalue weighted by Crippen LogP contribution is -2.31. The Morgan fingerprint density at radius 2 is 2.03 bits per heavy atom. The fourth-order valence-corrected chi connectivity index (χ4v) is 2.84. The van der Waals surface area contributed by atoms with E-state index in [9.17, 15) is 13.6 Å². The van der Waals surface area contributed by atoms with Crippen LogP contribution >= 0.6 is 0 Å². The Hall–Kier alpha value is -3.49. The van der Waals surface area contributed by atoms with Gasteiger partial charge in [-0.2, -0.15) is 8.78 Å². The average Bonchev–Trinajstić information content (AvgIpc) is 3.11. The predicted octanol–water partition coefficient (Wildman–Crippen LogP) is 3.68. The number of halogens is 2. The molecule has 0 radical (unpaired) electrons. The summed E-state index contributed by atoms with van der Waals surface area (Å²) in [6.07, 6.45) is 0. The van der Waals surface area contributed by atoms with Crippen LogP contribution in [0.4, 0.5) is 8.78 Å². The Morgan fingerprint density at radius 3 is 2.80 bits per heavy atom. The van der Waals surface area contributed by atoms with Crippen LogP contribution in [-0.2, 0) is 9.63 Å². The topological polar surface area (TPSA) is 77.7 Å². The highest BCUT2D eigenvalue weighted by atomic mass is 19.3. The molecule has 3 rings (SSSR count). The number of nitrogens with zero attached hydrogens (tertiary/aromatic N) is 3. The van der Waals surface area contributed by atoms with Crippen molar-refractivity contribution in [1.29, 1.82) is 0 Å². The number of oxime groups is 1. The zero-order valence-corrected chi connectivity index (χ0v) is 16.6. The zero-order valence-electron chi connectivity index (χ0n) is 16.6. The number of nitrogens with one attached hydrogen (secondary N) is 1. The van der Waals surface area contributed by atoms with Crippen LogP contribution in [-0.4, -0.2) is 40.9 Å². The van der Waals surface area contributed by atoms with Crippen LogP contribution in [0.5, 0.6) is 5.75 Å². The monoisotopic (exact) mass is 416 g/mol. The SMILES string of the molecule is C/C(=N\OCC(=O)NCCOc1cccc(C)c1)c1nc2ccccc2n1C(F)F. The number of fused-ring (bicyclic) bond motifs is 1. The third-order valence-electron chi connectivity index (χ3n) is 4.19. The number of benzene rings is 2. The van der Waals surface area contributed by atoms with Crippen molar-refractivity contribution in [3.8, 4) is 5.75 Å². The lowest BCUT2D eigenvalue weighted by molar-refractivity contribution is -0.125. The summed E-state index contributed by atoms with van der Waals surface area (Å²) in [4.78, 5) is 21.0. The fraction of sp³-hybridized carbons (Fsp3) is 0.286. The van der Waals surface area contributed by atoms with Gasteiger partial charge in [0.15, 0.2) is 12.4 Å². The number of aromatic nitrogens is 2. The fourth-order valence-electron chi connectivity index (χ4n) is 2.84. The largest absolute Gasteiger partial charge is 0.492 e. The van der Waals surface area contributed by atoms with Gasteiger partial charge >= 0.3 is 6.55 Å². The van der Waals surface area contributed by atoms with Crippen LogP contribution in [0.1, 0.15) is 24.9 Å². The van der Waals surface area contributed by atoms with Crippen molar-refractivity contribution >= 4 is 22.7 Å². The van der Waals surface area contributed by atoms with Gasteiger partial charge in [0.2, 0.25) is 0 Å². The van der Waals surface area contributed by atoms with Gasteiger partial charge in [0.1, 0.15) is 18.1 Å². The Bertz CT molecular complexity index is 1050. The highest BCUT2D eigenvalue weighted by molar-refractivity contribution is 5.98. The molecule has 1 heterocycles. The van der Waals surface area contributed by atoms with Gasteiger partial charge in [-0.25, -0.2) is 4.98 Å². The van der Waals surface area contributed by atoms with Crippen LogP contribution in [0.25, 0.3) is 11.0 Å². The molecular weight excluding hydrogens is 394 g/mol. The minimum absolute atomic E-state index is 0.0156. The maximum atomic E-state index is 13.5. The van der Waals surface area contributed by atoms with E-state index in [1.807, 2.05) is 31.2 Å². The van der Waals surface area contributed by atoms with Crippen molar-refractivity contribution in [3.05, 3.63) is 59.9 Å². The number of rotatable bonds is 9. The van der Waals surface area contributed by atoms with Crippen molar-refractivity contribution < 1.29 is 23.1 Å². The predicted molar refractivity (Wildman–Crippen MR) is 109 cm³/mol. The van der Waals surface area contributed by atoms with E-state index >= 15 is 0 Å². The molecule has 0 atom stereocenters. The minimum Gasteiger partial charge on any atom is -0.492 e. The number of para-hydroxylation sites is 2. The van der Waals surface area contributed by atoms with Crippen molar-refractivity contribution in [3.63, 3.8) is 0 Å². The number of alkyl halides is 2. The molecule has 2 aromatic carbocycles. The molecule has 1 aromatic heterocycles. The molecule has 7 nitrogen and oxygen atoms in total. The van der Waals surface area contributed by atoms with Gasteiger partial charge in [0.25, 0.3) is 5.91 Å². The van der Waals surface area contributed by atoms with Crippen molar-refractivity contribution in [2.24, 2.45) is 5.16 Å². The van der Waals surface area contributed by atoms with Gasteiger partial charge in [-0.15, -0.1) is 0 Å². The molecule has 0 saturated heterocycles. The number of carbonyl (C=O) groups is 1. The van der Waals surface area contributed by atoms with Crippen LogP contribution in [0.3, 0.4) is 0 Å². The first-order valence-electron chi connectivity index (χ1n) is 9.34. The summed E-state index contributed by atoms with van der Waals surface area (Å²) in [5, 5.41) is 6.40. The maximum Gasteiger partial charge on any atom is 0.320 e. The lowest BCUT2D eigenvalue weighted by Gasteiger charge is -2.08. The third-order valence-corrected chi connectivity index (χ3v) is 4.19. The van der Waals surface area contributed by atoms with E-state index in [1.54, 1.807) is 24.3 Å². The molecule has 0 unspecified atom stereocenters. The van der Waals surface area contributed by atoms with Gasteiger partial charge in [-0.05, 0) is 43.7 Å². The number of imidazole rings is 1. The summed E-state index contributed by atoms with van der Waals surface area (Å²) < 4.78 is 33.3. The van der Waals surface area contributed by atoms with Gasteiger partial charge < -0.3 is 14.9 Å². The quantitative estimate of drug-likeness (QED) is 0.328. The first-order chi connectivity index (χ1) is 14.5. The second kappa shape index (κ2) is 9.82. The van der Waals surface area contributed by atoms with Crippen LogP contribution < -0.4 is 10.1 Å². The number of amides is 1. The van der Waals surface area contributed by atoms with Gasteiger partial charge in [0.05, 0.1) is 17.6 Å². The summed E-state index contributed by atoms with van der Waals surface area (Å²) in [5.74, 6) is 0.308. The van der Waals surface area contributed by atoms with E-state index in [0.29, 0.717) is 24.2 Å². The summed E-state index contributed by atoms with van der Waals surface area (Å²) in [6.45, 7) is 0.916. The van der Waals surface area contributed by atoms with Crippen molar-refractivity contribution in [1.82, 2.24) is 14.9 Å². The molecule has 0 aliphatic rings. The second-order valence-electron chi connectivity index (χ2n) is 6.54. The maximum absolute atomic E-state index is 13.5. The van der Waals surface area contributed by atoms with E-state index in [4.69, 9.17) is 9.57 Å². The van der Waals surface area contributed by atoms with E-state index in [2.05, 4.69) is 15.5 Å². The van der Waals surface area contributed by atoms with E-state index < -0.39 is 12.5 Å². The van der Waals surface area contributed by atoms with Crippen LogP contribution in [0.15, 0.2) is 53.7 Å². The zero-order chi connectivity index (χ0) is 21.5. The number of carbonyl (C=O) groups excluding carboxylic acids is 1. The third kappa shape index (κ3) is 5.31. The lowest BCUT2D eigenvalue weighted by atomic mass is 10.2. The Kier molecular flexibility index (Phi) is 6.95. The number of hydrogen-bond acceptors (Lipinski definition) is 5. The Morgan fingerprint density at radius 1 is 1.23 bits per heavy atom. The number of ether oxygens (including phenoxy) is 1. The van der Waals surface area contributed by atoms with Gasteiger partial charge in [-0.3, -0.25) is 9.36 Å². The van der Waals surface area contributed by atoms with Crippen molar-refractivity contribution in [2.45, 2.75) is 20.4 Å². The summed E-state index contributed by atoms with van der Waals surface area (Å²) in [5.41, 5.74) is 1.94. The van der Waals surface area contributed by atoms with E-state index in [0.717, 1.165) is 15.9 Å². The van der Waals surface area contributed by atoms with E-state index in [-0.39, 0.29) is 18.1 Å².